The lowest BCUT2D eigenvalue weighted by Crippen LogP contribution is -2.50. The van der Waals surface area contributed by atoms with E-state index in [1.807, 2.05) is 20.8 Å². The van der Waals surface area contributed by atoms with Gasteiger partial charge in [-0.15, -0.1) is 0 Å². The van der Waals surface area contributed by atoms with Gasteiger partial charge in [-0.25, -0.2) is 8.78 Å². The summed E-state index contributed by atoms with van der Waals surface area (Å²) in [5.41, 5.74) is 1.74. The summed E-state index contributed by atoms with van der Waals surface area (Å²) in [5.74, 6) is -0.162. The van der Waals surface area contributed by atoms with Crippen LogP contribution in [0.5, 0.6) is 5.75 Å². The Labute approximate surface area is 219 Å². The summed E-state index contributed by atoms with van der Waals surface area (Å²) in [4.78, 5) is 15.1. The highest BCUT2D eigenvalue weighted by atomic mass is 35.5. The van der Waals surface area contributed by atoms with E-state index in [9.17, 15) is 9.18 Å². The molecule has 1 unspecified atom stereocenters. The lowest BCUT2D eigenvalue weighted by Gasteiger charge is -2.45. The van der Waals surface area contributed by atoms with Crippen LogP contribution in [-0.4, -0.2) is 29.9 Å². The zero-order chi connectivity index (χ0) is 26.4. The quantitative estimate of drug-likeness (QED) is 0.345. The van der Waals surface area contributed by atoms with Gasteiger partial charge in [0.15, 0.2) is 5.78 Å². The molecule has 36 heavy (non-hydrogen) atoms. The molecule has 0 bridgehead atoms. The summed E-state index contributed by atoms with van der Waals surface area (Å²) in [7, 11) is 0. The van der Waals surface area contributed by atoms with E-state index in [0.29, 0.717) is 29.7 Å². The third kappa shape index (κ3) is 6.47. The Morgan fingerprint density at radius 1 is 1.19 bits per heavy atom. The van der Waals surface area contributed by atoms with Crippen molar-refractivity contribution < 1.29 is 18.3 Å². The molecule has 0 spiro atoms. The van der Waals surface area contributed by atoms with Crippen molar-refractivity contribution in [1.82, 2.24) is 4.90 Å². The van der Waals surface area contributed by atoms with E-state index in [1.165, 1.54) is 18.2 Å². The zero-order valence-electron chi connectivity index (χ0n) is 22.3. The van der Waals surface area contributed by atoms with Gasteiger partial charge in [0.1, 0.15) is 23.5 Å². The van der Waals surface area contributed by atoms with Gasteiger partial charge < -0.3 is 4.74 Å². The SMILES string of the molecule is CC(c1ccc(F)cc1Cl)N1C[C@H](Oc2cc(F)c(C(=O)CC(C)(C)C)cc2C2CC2)CC(C)(C)C1. The fourth-order valence-corrected chi connectivity index (χ4v) is 5.71. The highest BCUT2D eigenvalue weighted by Crippen LogP contribution is 2.46. The smallest absolute Gasteiger partial charge is 0.166 e. The third-order valence-electron chi connectivity index (χ3n) is 7.21. The van der Waals surface area contributed by atoms with Crippen LogP contribution in [0, 0.1) is 22.5 Å². The van der Waals surface area contributed by atoms with Crippen molar-refractivity contribution in [2.24, 2.45) is 10.8 Å². The van der Waals surface area contributed by atoms with Crippen LogP contribution in [0.15, 0.2) is 30.3 Å². The number of ether oxygens (including phenoxy) is 1. The summed E-state index contributed by atoms with van der Waals surface area (Å²) >= 11 is 6.37. The van der Waals surface area contributed by atoms with Crippen LogP contribution < -0.4 is 4.74 Å². The average Bonchev–Trinajstić information content (AvgIpc) is 3.56. The molecule has 4 rings (SSSR count). The minimum Gasteiger partial charge on any atom is -0.489 e. The van der Waals surface area contributed by atoms with Crippen molar-refractivity contribution in [2.45, 2.75) is 85.3 Å². The van der Waals surface area contributed by atoms with E-state index < -0.39 is 5.82 Å². The predicted molar refractivity (Wildman–Crippen MR) is 141 cm³/mol. The van der Waals surface area contributed by atoms with Gasteiger partial charge in [-0.2, -0.15) is 0 Å². The van der Waals surface area contributed by atoms with Gasteiger partial charge >= 0.3 is 0 Å². The minimum atomic E-state index is -0.512. The van der Waals surface area contributed by atoms with Gasteiger partial charge in [0.2, 0.25) is 0 Å². The average molecular weight is 518 g/mol. The van der Waals surface area contributed by atoms with E-state index >= 15 is 4.39 Å². The first kappa shape index (κ1) is 27.1. The summed E-state index contributed by atoms with van der Waals surface area (Å²) in [6, 6.07) is 7.67. The number of piperidine rings is 1. The number of hydrogen-bond acceptors (Lipinski definition) is 3. The van der Waals surface area contributed by atoms with Gasteiger partial charge in [-0.1, -0.05) is 52.3 Å². The molecule has 2 atom stereocenters. The predicted octanol–water partition coefficient (Wildman–Crippen LogP) is 8.36. The van der Waals surface area contributed by atoms with Crippen LogP contribution in [-0.2, 0) is 0 Å². The molecular weight excluding hydrogens is 480 g/mol. The van der Waals surface area contributed by atoms with E-state index in [-0.39, 0.29) is 40.1 Å². The number of nitrogens with zero attached hydrogens (tertiary/aromatic N) is 1. The first-order valence-corrected chi connectivity index (χ1v) is 13.3. The lowest BCUT2D eigenvalue weighted by molar-refractivity contribution is 0.000670. The molecule has 2 fully saturated rings. The molecule has 1 heterocycles. The number of carbonyl (C=O) groups excluding carboxylic acids is 1. The molecule has 1 aliphatic carbocycles. The maximum atomic E-state index is 15.2. The molecular formula is C30H38ClF2NO2. The topological polar surface area (TPSA) is 29.5 Å². The monoisotopic (exact) mass is 517 g/mol. The Kier molecular flexibility index (Phi) is 7.56. The number of ketones is 1. The van der Waals surface area contributed by atoms with Gasteiger partial charge in [-0.05, 0) is 72.3 Å². The highest BCUT2D eigenvalue weighted by molar-refractivity contribution is 6.31. The number of rotatable bonds is 7. The number of halogens is 3. The number of Topliss-reactive ketones (excluding diaryl/α,β-unsaturated/α-hetero) is 1. The third-order valence-corrected chi connectivity index (χ3v) is 7.54. The highest BCUT2D eigenvalue weighted by Gasteiger charge is 2.38. The molecule has 1 saturated heterocycles. The molecule has 3 nitrogen and oxygen atoms in total. The van der Waals surface area contributed by atoms with Crippen LogP contribution in [0.1, 0.15) is 101 Å². The minimum absolute atomic E-state index is 0.0270. The summed E-state index contributed by atoms with van der Waals surface area (Å²) in [6.07, 6.45) is 3.02. The van der Waals surface area contributed by atoms with Gasteiger partial charge in [-0.3, -0.25) is 9.69 Å². The Balaban J connectivity index is 1.58. The molecule has 0 radical (unpaired) electrons. The molecule has 0 N–H and O–H groups in total. The molecule has 2 aromatic carbocycles. The molecule has 6 heteroatoms. The van der Waals surface area contributed by atoms with Crippen LogP contribution in [0.2, 0.25) is 5.02 Å². The molecule has 0 amide bonds. The summed E-state index contributed by atoms with van der Waals surface area (Å²) in [6.45, 7) is 13.9. The first-order valence-electron chi connectivity index (χ1n) is 12.9. The summed E-state index contributed by atoms with van der Waals surface area (Å²) in [5, 5.41) is 0.414. The Morgan fingerprint density at radius 2 is 1.89 bits per heavy atom. The second kappa shape index (κ2) is 10.1. The molecule has 2 aromatic rings. The van der Waals surface area contributed by atoms with E-state index in [4.69, 9.17) is 16.3 Å². The van der Waals surface area contributed by atoms with Crippen molar-refractivity contribution in [3.63, 3.8) is 0 Å². The number of carbonyl (C=O) groups is 1. The number of benzene rings is 2. The summed E-state index contributed by atoms with van der Waals surface area (Å²) < 4.78 is 35.3. The maximum absolute atomic E-state index is 15.2. The second-order valence-corrected chi connectivity index (χ2v) is 13.1. The lowest BCUT2D eigenvalue weighted by atomic mass is 9.81. The standard InChI is InChI=1S/C30H38ClF2NO2/c1-18(22-10-9-20(32)11-25(22)31)34-16-21(14-30(5,6)17-34)36-28-13-26(33)24(12-23(28)19-7-8-19)27(35)15-29(2,3)4/h9-13,18-19,21H,7-8,14-17H2,1-6H3/t18?,21-/m1/s1. The number of hydrogen-bond donors (Lipinski definition) is 0. The number of likely N-dealkylation sites (tertiary alicyclic amines) is 1. The fourth-order valence-electron chi connectivity index (χ4n) is 5.39. The van der Waals surface area contributed by atoms with Crippen LogP contribution >= 0.6 is 11.6 Å². The fraction of sp³-hybridized carbons (Fsp3) is 0.567. The molecule has 196 valence electrons. The largest absolute Gasteiger partial charge is 0.489 e. The Morgan fingerprint density at radius 3 is 2.50 bits per heavy atom. The van der Waals surface area contributed by atoms with E-state index in [1.54, 1.807) is 12.1 Å². The van der Waals surface area contributed by atoms with Crippen molar-refractivity contribution in [2.75, 3.05) is 13.1 Å². The molecule has 2 aliphatic rings. The van der Waals surface area contributed by atoms with Crippen molar-refractivity contribution in [1.29, 1.82) is 0 Å². The van der Waals surface area contributed by atoms with Crippen LogP contribution in [0.3, 0.4) is 0 Å². The maximum Gasteiger partial charge on any atom is 0.166 e. The molecule has 1 aliphatic heterocycles. The van der Waals surface area contributed by atoms with Crippen LogP contribution in [0.25, 0.3) is 0 Å². The van der Waals surface area contributed by atoms with Crippen molar-refractivity contribution in [3.05, 3.63) is 63.7 Å². The van der Waals surface area contributed by atoms with Gasteiger partial charge in [0, 0.05) is 36.6 Å². The van der Waals surface area contributed by atoms with Crippen molar-refractivity contribution in [3.8, 4) is 5.75 Å². The zero-order valence-corrected chi connectivity index (χ0v) is 23.0. The van der Waals surface area contributed by atoms with Gasteiger partial charge in [0.05, 0.1) is 5.56 Å². The van der Waals surface area contributed by atoms with Crippen molar-refractivity contribution >= 4 is 17.4 Å². The van der Waals surface area contributed by atoms with Crippen LogP contribution in [0.4, 0.5) is 8.78 Å². The normalized spacial score (nSPS) is 21.3. The Hall–Kier alpha value is -1.98. The van der Waals surface area contributed by atoms with Gasteiger partial charge in [0.25, 0.3) is 0 Å². The second-order valence-electron chi connectivity index (χ2n) is 12.7. The molecule has 1 saturated carbocycles. The van der Waals surface area contributed by atoms with E-state index in [2.05, 4.69) is 25.7 Å². The first-order chi connectivity index (χ1) is 16.7. The van der Waals surface area contributed by atoms with E-state index in [0.717, 1.165) is 36.9 Å². The molecule has 0 aromatic heterocycles. The Bertz CT molecular complexity index is 1140.